The number of aliphatic hydroxyl groups excluding tert-OH is 1. The lowest BCUT2D eigenvalue weighted by Gasteiger charge is -2.06. The molecule has 1 fully saturated rings. The van der Waals surface area contributed by atoms with Crippen molar-refractivity contribution in [2.45, 2.75) is 39.2 Å². The van der Waals surface area contributed by atoms with Gasteiger partial charge in [-0.3, -0.25) is 0 Å². The fourth-order valence-electron chi connectivity index (χ4n) is 2.79. The van der Waals surface area contributed by atoms with E-state index in [1.54, 1.807) is 0 Å². The second kappa shape index (κ2) is 4.33. The van der Waals surface area contributed by atoms with Crippen LogP contribution in [0.4, 0.5) is 0 Å². The summed E-state index contributed by atoms with van der Waals surface area (Å²) in [6.07, 6.45) is 1.40. The van der Waals surface area contributed by atoms with E-state index in [-0.39, 0.29) is 22.3 Å². The van der Waals surface area contributed by atoms with Crippen LogP contribution in [0, 0.1) is 16.7 Å². The molecule has 0 aliphatic heterocycles. The quantitative estimate of drug-likeness (QED) is 0.766. The summed E-state index contributed by atoms with van der Waals surface area (Å²) in [6, 6.07) is 1.45. The molecule has 0 amide bonds. The van der Waals surface area contributed by atoms with E-state index in [1.165, 1.54) is 12.3 Å². The Balaban J connectivity index is 2.04. The lowest BCUT2D eigenvalue weighted by Crippen LogP contribution is -2.27. The van der Waals surface area contributed by atoms with Crippen LogP contribution in [-0.2, 0) is 16.6 Å². The van der Waals surface area contributed by atoms with Gasteiger partial charge in [-0.2, -0.15) is 0 Å². The predicted octanol–water partition coefficient (Wildman–Crippen LogP) is 1.47. The van der Waals surface area contributed by atoms with Crippen LogP contribution in [0.5, 0.6) is 0 Å². The average molecular weight is 286 g/mol. The SMILES string of the molecule is CC1(C)C(CNS(=O)(=O)c2c[nH]c(CO)c2)C1(C)C. The second-order valence-electron chi connectivity index (χ2n) is 6.37. The zero-order valence-electron chi connectivity index (χ0n) is 11.8. The van der Waals surface area contributed by atoms with Gasteiger partial charge < -0.3 is 10.1 Å². The Bertz CT molecular complexity index is 558. The van der Waals surface area contributed by atoms with Crippen molar-refractivity contribution in [2.75, 3.05) is 6.54 Å². The molecule has 0 atom stereocenters. The Labute approximate surface area is 114 Å². The first-order valence-corrected chi connectivity index (χ1v) is 7.89. The molecule has 0 saturated heterocycles. The highest BCUT2D eigenvalue weighted by molar-refractivity contribution is 7.89. The number of rotatable bonds is 5. The van der Waals surface area contributed by atoms with Crippen LogP contribution in [0.15, 0.2) is 17.2 Å². The third-order valence-electron chi connectivity index (χ3n) is 4.99. The van der Waals surface area contributed by atoms with E-state index in [0.29, 0.717) is 18.2 Å². The fourth-order valence-corrected chi connectivity index (χ4v) is 3.85. The van der Waals surface area contributed by atoms with Crippen molar-refractivity contribution in [3.63, 3.8) is 0 Å². The first kappa shape index (κ1) is 14.6. The molecule has 5 nitrogen and oxygen atoms in total. The predicted molar refractivity (Wildman–Crippen MR) is 73.0 cm³/mol. The molecule has 2 rings (SSSR count). The lowest BCUT2D eigenvalue weighted by atomic mass is 10.0. The van der Waals surface area contributed by atoms with Gasteiger partial charge in [0, 0.05) is 18.4 Å². The van der Waals surface area contributed by atoms with Crippen molar-refractivity contribution in [1.29, 1.82) is 0 Å². The van der Waals surface area contributed by atoms with Crippen LogP contribution >= 0.6 is 0 Å². The van der Waals surface area contributed by atoms with Gasteiger partial charge in [0.25, 0.3) is 0 Å². The number of nitrogens with one attached hydrogen (secondary N) is 2. The van der Waals surface area contributed by atoms with Crippen molar-refractivity contribution in [3.8, 4) is 0 Å². The Morgan fingerprint density at radius 2 is 1.89 bits per heavy atom. The third kappa shape index (κ3) is 2.32. The van der Waals surface area contributed by atoms with Gasteiger partial charge in [0.15, 0.2) is 0 Å². The molecule has 6 heteroatoms. The summed E-state index contributed by atoms with van der Waals surface area (Å²) in [4.78, 5) is 2.90. The number of sulfonamides is 1. The molecule has 0 unspecified atom stereocenters. The van der Waals surface area contributed by atoms with Crippen molar-refractivity contribution >= 4 is 10.0 Å². The maximum Gasteiger partial charge on any atom is 0.242 e. The third-order valence-corrected chi connectivity index (χ3v) is 6.40. The summed E-state index contributed by atoms with van der Waals surface area (Å²) in [5.74, 6) is 0.339. The minimum Gasteiger partial charge on any atom is -0.390 e. The smallest absolute Gasteiger partial charge is 0.242 e. The second-order valence-corrected chi connectivity index (χ2v) is 8.13. The highest BCUT2D eigenvalue weighted by Crippen LogP contribution is 2.67. The molecular formula is C13H22N2O3S. The Hall–Kier alpha value is -0.850. The molecule has 3 N–H and O–H groups in total. The molecule has 1 aromatic heterocycles. The zero-order valence-corrected chi connectivity index (χ0v) is 12.6. The number of aliphatic hydroxyl groups is 1. The molecule has 1 aliphatic rings. The van der Waals surface area contributed by atoms with E-state index in [1.807, 2.05) is 0 Å². The highest BCUT2D eigenvalue weighted by atomic mass is 32.2. The number of aromatic amines is 1. The molecule has 0 bridgehead atoms. The van der Waals surface area contributed by atoms with Crippen LogP contribution in [0.25, 0.3) is 0 Å². The van der Waals surface area contributed by atoms with E-state index in [2.05, 4.69) is 37.4 Å². The van der Waals surface area contributed by atoms with Gasteiger partial charge >= 0.3 is 0 Å². The van der Waals surface area contributed by atoms with Crippen LogP contribution in [0.1, 0.15) is 33.4 Å². The van der Waals surface area contributed by atoms with Crippen molar-refractivity contribution in [2.24, 2.45) is 16.7 Å². The molecule has 1 heterocycles. The van der Waals surface area contributed by atoms with Crippen LogP contribution in [0.3, 0.4) is 0 Å². The van der Waals surface area contributed by atoms with E-state index >= 15 is 0 Å². The van der Waals surface area contributed by atoms with Crippen LogP contribution in [-0.4, -0.2) is 25.1 Å². The zero-order chi connectivity index (χ0) is 14.5. The first-order valence-electron chi connectivity index (χ1n) is 6.41. The average Bonchev–Trinajstić information content (AvgIpc) is 2.72. The van der Waals surface area contributed by atoms with E-state index < -0.39 is 10.0 Å². The van der Waals surface area contributed by atoms with Gasteiger partial charge in [0.1, 0.15) is 0 Å². The first-order chi connectivity index (χ1) is 8.63. The topological polar surface area (TPSA) is 82.2 Å². The Kier molecular flexibility index (Phi) is 3.32. The van der Waals surface area contributed by atoms with Gasteiger partial charge in [0.05, 0.1) is 11.5 Å². The Morgan fingerprint density at radius 1 is 1.32 bits per heavy atom. The highest BCUT2D eigenvalue weighted by Gasteiger charge is 2.64. The molecule has 1 aliphatic carbocycles. The molecule has 0 radical (unpaired) electrons. The number of aromatic nitrogens is 1. The van der Waals surface area contributed by atoms with Crippen molar-refractivity contribution in [3.05, 3.63) is 18.0 Å². The minimum absolute atomic E-state index is 0.157. The fraction of sp³-hybridized carbons (Fsp3) is 0.692. The number of H-pyrrole nitrogens is 1. The number of hydrogen-bond acceptors (Lipinski definition) is 3. The van der Waals surface area contributed by atoms with Crippen molar-refractivity contribution < 1.29 is 13.5 Å². The molecule has 0 aromatic carbocycles. The molecular weight excluding hydrogens is 264 g/mol. The summed E-state index contributed by atoms with van der Waals surface area (Å²) in [5.41, 5.74) is 0.806. The maximum atomic E-state index is 12.1. The van der Waals surface area contributed by atoms with Gasteiger partial charge in [-0.05, 0) is 22.8 Å². The van der Waals surface area contributed by atoms with Gasteiger partial charge in [0.2, 0.25) is 10.0 Å². The van der Waals surface area contributed by atoms with Crippen molar-refractivity contribution in [1.82, 2.24) is 9.71 Å². The van der Waals surface area contributed by atoms with Crippen LogP contribution in [0.2, 0.25) is 0 Å². The van der Waals surface area contributed by atoms with E-state index in [9.17, 15) is 8.42 Å². The van der Waals surface area contributed by atoms with Gasteiger partial charge in [-0.1, -0.05) is 27.7 Å². The summed E-state index contributed by atoms with van der Waals surface area (Å²) in [5, 5.41) is 8.94. The monoisotopic (exact) mass is 286 g/mol. The summed E-state index contributed by atoms with van der Waals surface area (Å²) in [7, 11) is -3.50. The van der Waals surface area contributed by atoms with Gasteiger partial charge in [-0.15, -0.1) is 0 Å². The molecule has 1 saturated carbocycles. The summed E-state index contributed by atoms with van der Waals surface area (Å²) in [6.45, 7) is 8.89. The lowest BCUT2D eigenvalue weighted by molar-refractivity contribution is 0.277. The molecule has 0 spiro atoms. The van der Waals surface area contributed by atoms with Gasteiger partial charge in [-0.25, -0.2) is 13.1 Å². The normalized spacial score (nSPS) is 21.5. The maximum absolute atomic E-state index is 12.1. The van der Waals surface area contributed by atoms with E-state index in [0.717, 1.165) is 0 Å². The summed E-state index contributed by atoms with van der Waals surface area (Å²) >= 11 is 0. The largest absolute Gasteiger partial charge is 0.390 e. The molecule has 108 valence electrons. The number of hydrogen-bond donors (Lipinski definition) is 3. The van der Waals surface area contributed by atoms with Crippen LogP contribution < -0.4 is 4.72 Å². The Morgan fingerprint density at radius 3 is 2.32 bits per heavy atom. The van der Waals surface area contributed by atoms with E-state index in [4.69, 9.17) is 5.11 Å². The summed E-state index contributed by atoms with van der Waals surface area (Å²) < 4.78 is 26.9. The standard InChI is InChI=1S/C13H22N2O3S/c1-12(2)11(13(12,3)4)7-15-19(17,18)10-5-9(8-16)14-6-10/h5-6,11,14-16H,7-8H2,1-4H3. The minimum atomic E-state index is -3.50. The molecule has 1 aromatic rings. The molecule has 19 heavy (non-hydrogen) atoms.